The topological polar surface area (TPSA) is 30.7 Å². The molecule has 0 atom stereocenters. The molecule has 0 aliphatic heterocycles. The minimum atomic E-state index is 0.702. The van der Waals surface area contributed by atoms with Crippen LogP contribution in [0.1, 0.15) is 0 Å². The van der Waals surface area contributed by atoms with Gasteiger partial charge in [-0.25, -0.2) is 9.97 Å². The Morgan fingerprint density at radius 2 is 0.787 bits per heavy atom. The van der Waals surface area contributed by atoms with E-state index in [2.05, 4.69) is 211 Å². The minimum absolute atomic E-state index is 0.702. The molecule has 0 aliphatic carbocycles. The molecule has 0 aliphatic rings. The predicted octanol–water partition coefficient (Wildman–Crippen LogP) is 15.4. The highest BCUT2D eigenvalue weighted by atomic mass is 15.0. The second-order valence-corrected chi connectivity index (χ2v) is 15.7. The van der Waals surface area contributed by atoms with Crippen molar-refractivity contribution in [3.8, 4) is 61.8 Å². The van der Waals surface area contributed by atoms with E-state index in [9.17, 15) is 0 Å². The summed E-state index contributed by atoms with van der Waals surface area (Å²) >= 11 is 0. The Kier molecular flexibility index (Phi) is 8.17. The third kappa shape index (κ3) is 5.90. The summed E-state index contributed by atoms with van der Waals surface area (Å²) in [6.45, 7) is 0. The molecule has 2 aromatic heterocycles. The van der Waals surface area contributed by atoms with Crippen molar-refractivity contribution in [3.05, 3.63) is 224 Å². The third-order valence-electron chi connectivity index (χ3n) is 12.2. The van der Waals surface area contributed by atoms with Crippen molar-refractivity contribution in [2.75, 3.05) is 0 Å². The third-order valence-corrected chi connectivity index (χ3v) is 12.2. The van der Waals surface area contributed by atoms with Crippen molar-refractivity contribution in [2.45, 2.75) is 0 Å². The van der Waals surface area contributed by atoms with Crippen molar-refractivity contribution in [3.63, 3.8) is 0 Å². The van der Waals surface area contributed by atoms with Crippen LogP contribution >= 0.6 is 0 Å². The number of aromatic nitrogens is 3. The fourth-order valence-corrected chi connectivity index (χ4v) is 9.32. The fourth-order valence-electron chi connectivity index (χ4n) is 9.32. The zero-order valence-corrected chi connectivity index (χ0v) is 33.2. The van der Waals surface area contributed by atoms with Crippen molar-refractivity contribution >= 4 is 54.1 Å². The van der Waals surface area contributed by atoms with Crippen molar-refractivity contribution in [1.29, 1.82) is 0 Å². The van der Waals surface area contributed by atoms with Gasteiger partial charge in [-0.1, -0.05) is 182 Å². The van der Waals surface area contributed by atoms with Gasteiger partial charge in [-0.3, -0.25) is 0 Å². The summed E-state index contributed by atoms with van der Waals surface area (Å²) in [5, 5.41) is 9.75. The van der Waals surface area contributed by atoms with Gasteiger partial charge in [-0.2, -0.15) is 0 Å². The molecule has 61 heavy (non-hydrogen) atoms. The Bertz CT molecular complexity index is 3610. The number of benzene rings is 10. The van der Waals surface area contributed by atoms with Gasteiger partial charge in [0.15, 0.2) is 5.82 Å². The van der Waals surface area contributed by atoms with Gasteiger partial charge < -0.3 is 4.57 Å². The van der Waals surface area contributed by atoms with Crippen LogP contribution < -0.4 is 0 Å². The zero-order valence-electron chi connectivity index (χ0n) is 33.2. The Morgan fingerprint density at radius 1 is 0.279 bits per heavy atom. The Hall–Kier alpha value is -8.14. The van der Waals surface area contributed by atoms with Crippen LogP contribution in [0.15, 0.2) is 224 Å². The van der Waals surface area contributed by atoms with Crippen LogP contribution in [-0.4, -0.2) is 14.5 Å². The molecular weight excluding hydrogens is 739 g/mol. The number of hydrogen-bond donors (Lipinski definition) is 0. The highest BCUT2D eigenvalue weighted by molar-refractivity contribution is 6.28. The quantitative estimate of drug-likeness (QED) is 0.158. The first kappa shape index (κ1) is 34.9. The molecule has 0 spiro atoms. The Morgan fingerprint density at radius 3 is 1.54 bits per heavy atom. The van der Waals surface area contributed by atoms with Crippen LogP contribution in [-0.2, 0) is 0 Å². The average molecular weight is 776 g/mol. The standard InChI is InChI=1S/C58H37N3/c1-4-15-38(16-5-1)39-27-29-40(30-28-39)53-37-54(60-58(59-53)41-17-6-2-7-18-41)50-25-14-24-48-45-21-10-11-22-46(45)51-35-42(31-33-49(51)57(48)50)43-32-34-56-52(36-43)47-23-12-13-26-55(47)61(56)44-19-8-3-9-20-44/h1-37H. The summed E-state index contributed by atoms with van der Waals surface area (Å²) in [6, 6.07) is 80.5. The average Bonchev–Trinajstić information content (AvgIpc) is 3.68. The summed E-state index contributed by atoms with van der Waals surface area (Å²) in [5.41, 5.74) is 13.2. The summed E-state index contributed by atoms with van der Waals surface area (Å²) in [6.07, 6.45) is 0. The monoisotopic (exact) mass is 775 g/mol. The molecule has 12 aromatic rings. The largest absolute Gasteiger partial charge is 0.309 e. The zero-order chi connectivity index (χ0) is 40.3. The minimum Gasteiger partial charge on any atom is -0.309 e. The lowest BCUT2D eigenvalue weighted by atomic mass is 9.89. The molecule has 0 bridgehead atoms. The lowest BCUT2D eigenvalue weighted by Gasteiger charge is -2.16. The van der Waals surface area contributed by atoms with Gasteiger partial charge in [-0.15, -0.1) is 0 Å². The molecule has 2 heterocycles. The lowest BCUT2D eigenvalue weighted by molar-refractivity contribution is 1.18. The van der Waals surface area contributed by atoms with Crippen molar-refractivity contribution in [1.82, 2.24) is 14.5 Å². The van der Waals surface area contributed by atoms with Crippen LogP contribution in [0.4, 0.5) is 0 Å². The number of para-hydroxylation sites is 2. The van der Waals surface area contributed by atoms with E-state index in [0.717, 1.165) is 33.8 Å². The van der Waals surface area contributed by atoms with E-state index in [1.807, 2.05) is 18.2 Å². The van der Waals surface area contributed by atoms with Gasteiger partial charge in [0, 0.05) is 33.2 Å². The molecule has 12 rings (SSSR count). The Labute approximate surface area is 353 Å². The van der Waals surface area contributed by atoms with Gasteiger partial charge in [0.2, 0.25) is 0 Å². The molecule has 0 amide bonds. The maximum atomic E-state index is 5.33. The molecule has 0 fully saturated rings. The van der Waals surface area contributed by atoms with E-state index >= 15 is 0 Å². The van der Waals surface area contributed by atoms with Crippen LogP contribution in [0.2, 0.25) is 0 Å². The summed E-state index contributed by atoms with van der Waals surface area (Å²) in [5.74, 6) is 0.702. The van der Waals surface area contributed by atoms with Gasteiger partial charge >= 0.3 is 0 Å². The number of fused-ring (bicyclic) bond motifs is 9. The smallest absolute Gasteiger partial charge is 0.160 e. The SMILES string of the molecule is c1ccc(-c2ccc(-c3cc(-c4cccc5c6ccccc6c6cc(-c7ccc8c(c7)c7ccccc7n8-c7ccccc7)ccc6c45)nc(-c4ccccc4)n3)cc2)cc1. The van der Waals surface area contributed by atoms with Gasteiger partial charge in [0.25, 0.3) is 0 Å². The molecule has 0 saturated heterocycles. The highest BCUT2D eigenvalue weighted by Crippen LogP contribution is 2.43. The predicted molar refractivity (Wildman–Crippen MR) is 256 cm³/mol. The first-order valence-corrected chi connectivity index (χ1v) is 20.8. The molecule has 3 heteroatoms. The number of nitrogens with zero attached hydrogens (tertiary/aromatic N) is 3. The van der Waals surface area contributed by atoms with Crippen LogP contribution in [0.3, 0.4) is 0 Å². The van der Waals surface area contributed by atoms with Crippen molar-refractivity contribution < 1.29 is 0 Å². The second-order valence-electron chi connectivity index (χ2n) is 15.7. The highest BCUT2D eigenvalue weighted by Gasteiger charge is 2.18. The lowest BCUT2D eigenvalue weighted by Crippen LogP contribution is -1.97. The summed E-state index contributed by atoms with van der Waals surface area (Å²) in [7, 11) is 0. The number of rotatable bonds is 6. The molecule has 284 valence electrons. The van der Waals surface area contributed by atoms with E-state index in [4.69, 9.17) is 9.97 Å². The van der Waals surface area contributed by atoms with Gasteiger partial charge in [0.1, 0.15) is 0 Å². The summed E-state index contributed by atoms with van der Waals surface area (Å²) < 4.78 is 2.37. The molecule has 10 aromatic carbocycles. The number of hydrogen-bond acceptors (Lipinski definition) is 2. The molecular formula is C58H37N3. The molecule has 3 nitrogen and oxygen atoms in total. The molecule has 0 radical (unpaired) electrons. The van der Waals surface area contributed by atoms with E-state index in [1.54, 1.807) is 0 Å². The molecule has 0 N–H and O–H groups in total. The van der Waals surface area contributed by atoms with E-state index in [-0.39, 0.29) is 0 Å². The van der Waals surface area contributed by atoms with Gasteiger partial charge in [0.05, 0.1) is 22.4 Å². The second kappa shape index (κ2) is 14.3. The van der Waals surface area contributed by atoms with Crippen molar-refractivity contribution in [2.24, 2.45) is 0 Å². The van der Waals surface area contributed by atoms with Gasteiger partial charge in [-0.05, 0) is 97.0 Å². The first-order chi connectivity index (χ1) is 30.2. The van der Waals surface area contributed by atoms with Crippen LogP contribution in [0.5, 0.6) is 0 Å². The molecule has 0 unspecified atom stereocenters. The molecule has 0 saturated carbocycles. The van der Waals surface area contributed by atoms with E-state index < -0.39 is 0 Å². The Balaban J connectivity index is 1.05. The van der Waals surface area contributed by atoms with E-state index in [0.29, 0.717) is 5.82 Å². The summed E-state index contributed by atoms with van der Waals surface area (Å²) in [4.78, 5) is 10.5. The van der Waals surface area contributed by atoms with Crippen LogP contribution in [0, 0.1) is 0 Å². The first-order valence-electron chi connectivity index (χ1n) is 20.8. The normalized spacial score (nSPS) is 11.6. The van der Waals surface area contributed by atoms with Crippen LogP contribution in [0.25, 0.3) is 116 Å². The fraction of sp³-hybridized carbons (Fsp3) is 0. The maximum Gasteiger partial charge on any atom is 0.160 e. The maximum absolute atomic E-state index is 5.33. The van der Waals surface area contributed by atoms with E-state index in [1.165, 1.54) is 76.4 Å².